The molecule has 0 bridgehead atoms. The van der Waals surface area contributed by atoms with E-state index in [1.807, 2.05) is 0 Å². The first-order valence-corrected chi connectivity index (χ1v) is 13.2. The van der Waals surface area contributed by atoms with Gasteiger partial charge in [-0.15, -0.1) is 0 Å². The van der Waals surface area contributed by atoms with E-state index in [4.69, 9.17) is 20.9 Å². The molecule has 0 N–H and O–H groups in total. The second kappa shape index (κ2) is 9.44. The molecular formula is C42H26O. The first-order valence-electron chi connectivity index (χ1n) is 22.7. The third kappa shape index (κ3) is 3.72. The number of rotatable bonds is 3. The number of benzene rings is 8. The lowest BCUT2D eigenvalue weighted by Crippen LogP contribution is -1.91. The Morgan fingerprint density at radius 2 is 1.05 bits per heavy atom. The van der Waals surface area contributed by atoms with E-state index < -0.39 is 159 Å². The first kappa shape index (κ1) is 11.9. The van der Waals surface area contributed by atoms with Crippen molar-refractivity contribution in [3.63, 3.8) is 0 Å². The highest BCUT2D eigenvalue weighted by Crippen LogP contribution is 2.46. The summed E-state index contributed by atoms with van der Waals surface area (Å²) < 4.78 is 177. The summed E-state index contributed by atoms with van der Waals surface area (Å²) in [5.41, 5.74) is -1.81. The fourth-order valence-corrected chi connectivity index (χ4v) is 5.59. The van der Waals surface area contributed by atoms with Crippen molar-refractivity contribution in [2.75, 3.05) is 0 Å². The minimum atomic E-state index is -0.925. The number of hydrogen-bond acceptors (Lipinski definition) is 1. The molecule has 9 aromatic rings. The van der Waals surface area contributed by atoms with Gasteiger partial charge in [-0.05, 0) is 72.7 Å². The molecule has 0 aliphatic carbocycles. The van der Waals surface area contributed by atoms with Crippen LogP contribution in [0.5, 0.6) is 0 Å². The Kier molecular flexibility index (Phi) is 2.61. The van der Waals surface area contributed by atoms with Gasteiger partial charge in [0, 0.05) is 21.9 Å². The molecule has 0 unspecified atom stereocenters. The standard InChI is InChI=1S/C42H26O/c1-2-12-28-25-30(24-23-27(28)11-1)29-13-9-14-31(26-29)40-33-16-3-5-18-35(33)41(36-19-6-4-17-34(36)40)38-21-10-20-37-32-15-7-8-22-39(32)43-42(37)38/h1-26H/i1D,2D,3D,4D,5D,6D,9D,11D,12D,13D,14D,16D,17D,18D,19D,23D,24D,25D,26D. The van der Waals surface area contributed by atoms with Crippen molar-refractivity contribution >= 4 is 54.3 Å². The van der Waals surface area contributed by atoms with Crippen molar-refractivity contribution in [2.24, 2.45) is 0 Å². The molecule has 0 aliphatic rings. The molecule has 0 aliphatic heterocycles. The highest BCUT2D eigenvalue weighted by atomic mass is 16.3. The summed E-state index contributed by atoms with van der Waals surface area (Å²) in [5.74, 6) is 0. The van der Waals surface area contributed by atoms with E-state index in [0.29, 0.717) is 16.4 Å². The maximum atomic E-state index is 9.72. The molecule has 0 saturated heterocycles. The monoisotopic (exact) mass is 565 g/mol. The van der Waals surface area contributed by atoms with E-state index in [-0.39, 0.29) is 27.5 Å². The normalized spacial score (nSPS) is 17.9. The van der Waals surface area contributed by atoms with Crippen LogP contribution in [0.25, 0.3) is 87.6 Å². The summed E-state index contributed by atoms with van der Waals surface area (Å²) in [7, 11) is 0. The van der Waals surface area contributed by atoms with Gasteiger partial charge >= 0.3 is 0 Å². The molecule has 0 radical (unpaired) electrons. The molecule has 0 fully saturated rings. The molecule has 9 rings (SSSR count). The topological polar surface area (TPSA) is 13.1 Å². The average Bonchev–Trinajstić information content (AvgIpc) is 3.64. The second-order valence-electron chi connectivity index (χ2n) is 9.78. The predicted molar refractivity (Wildman–Crippen MR) is 183 cm³/mol. The fraction of sp³-hybridized carbons (Fsp3) is 0. The van der Waals surface area contributed by atoms with Crippen molar-refractivity contribution in [1.82, 2.24) is 0 Å². The lowest BCUT2D eigenvalue weighted by Gasteiger charge is -2.18. The van der Waals surface area contributed by atoms with Crippen molar-refractivity contribution in [2.45, 2.75) is 0 Å². The quantitative estimate of drug-likeness (QED) is 0.194. The zero-order valence-corrected chi connectivity index (χ0v) is 21.9. The van der Waals surface area contributed by atoms with Crippen molar-refractivity contribution in [3.05, 3.63) is 157 Å². The maximum absolute atomic E-state index is 9.72. The number of hydrogen-bond donors (Lipinski definition) is 0. The Morgan fingerprint density at radius 1 is 0.419 bits per heavy atom. The van der Waals surface area contributed by atoms with Gasteiger partial charge < -0.3 is 4.42 Å². The summed E-state index contributed by atoms with van der Waals surface area (Å²) in [5, 5.41) is -1.17. The van der Waals surface area contributed by atoms with E-state index in [0.717, 1.165) is 0 Å². The van der Waals surface area contributed by atoms with Crippen molar-refractivity contribution in [3.8, 4) is 33.4 Å². The summed E-state index contributed by atoms with van der Waals surface area (Å²) in [6.45, 7) is 0. The van der Waals surface area contributed by atoms with E-state index in [1.165, 1.54) is 0 Å². The molecule has 43 heavy (non-hydrogen) atoms. The smallest absolute Gasteiger partial charge is 0.143 e. The highest BCUT2D eigenvalue weighted by Gasteiger charge is 2.20. The van der Waals surface area contributed by atoms with Crippen LogP contribution < -0.4 is 0 Å². The third-order valence-corrected chi connectivity index (χ3v) is 7.42. The van der Waals surface area contributed by atoms with Crippen LogP contribution in [0.1, 0.15) is 26.0 Å². The van der Waals surface area contributed by atoms with Crippen LogP contribution in [-0.2, 0) is 0 Å². The number of para-hydroxylation sites is 2. The van der Waals surface area contributed by atoms with Crippen molar-refractivity contribution < 1.29 is 30.5 Å². The third-order valence-electron chi connectivity index (χ3n) is 7.42. The van der Waals surface area contributed by atoms with Crippen LogP contribution in [0, 0.1) is 0 Å². The molecule has 1 heteroatoms. The first-order chi connectivity index (χ1) is 29.3. The average molecular weight is 566 g/mol. The summed E-state index contributed by atoms with van der Waals surface area (Å²) in [6, 6.07) is -2.81. The largest absolute Gasteiger partial charge is 0.455 e. The Labute approximate surface area is 275 Å². The van der Waals surface area contributed by atoms with Gasteiger partial charge in [0.15, 0.2) is 0 Å². The highest BCUT2D eigenvalue weighted by molar-refractivity contribution is 6.24. The molecule has 8 aromatic carbocycles. The molecule has 0 saturated carbocycles. The van der Waals surface area contributed by atoms with Crippen LogP contribution in [0.4, 0.5) is 0 Å². The number of fused-ring (bicyclic) bond motifs is 6. The summed E-state index contributed by atoms with van der Waals surface area (Å²) in [6.07, 6.45) is 0. The lowest BCUT2D eigenvalue weighted by atomic mass is 9.85. The van der Waals surface area contributed by atoms with Gasteiger partial charge in [-0.1, -0.05) is 139 Å². The van der Waals surface area contributed by atoms with E-state index in [2.05, 4.69) is 0 Å². The van der Waals surface area contributed by atoms with E-state index >= 15 is 0 Å². The van der Waals surface area contributed by atoms with Crippen LogP contribution in [-0.4, -0.2) is 0 Å². The Bertz CT molecular complexity index is 3490. The van der Waals surface area contributed by atoms with Crippen LogP contribution in [0.2, 0.25) is 0 Å². The Hall–Kier alpha value is -5.66. The fourth-order valence-electron chi connectivity index (χ4n) is 5.59. The summed E-state index contributed by atoms with van der Waals surface area (Å²) in [4.78, 5) is 0. The molecule has 1 heterocycles. The SMILES string of the molecule is [2H]c1c([2H])c(-c2c([2H])c([2H])c3c([2H])c([2H])c([2H])c([2H])c3c2[2H])c([2H])c(-c2c3c([2H])c([2H])c([2H])c([2H])c3c(-c3cccc4c3oc3ccccc34)c3c([2H])c([2H])c([2H])c([2H])c23)c1[2H]. The lowest BCUT2D eigenvalue weighted by molar-refractivity contribution is 0.670. The molecule has 0 amide bonds. The minimum Gasteiger partial charge on any atom is -0.455 e. The van der Waals surface area contributed by atoms with E-state index in [9.17, 15) is 9.60 Å². The van der Waals surface area contributed by atoms with Gasteiger partial charge in [0.1, 0.15) is 11.2 Å². The Morgan fingerprint density at radius 3 is 1.84 bits per heavy atom. The number of furan rings is 1. The van der Waals surface area contributed by atoms with Gasteiger partial charge in [-0.2, -0.15) is 0 Å². The van der Waals surface area contributed by atoms with E-state index in [1.54, 1.807) is 42.5 Å². The molecule has 0 spiro atoms. The van der Waals surface area contributed by atoms with Crippen LogP contribution >= 0.6 is 0 Å². The van der Waals surface area contributed by atoms with Gasteiger partial charge in [0.25, 0.3) is 0 Å². The second-order valence-corrected chi connectivity index (χ2v) is 9.78. The van der Waals surface area contributed by atoms with Gasteiger partial charge in [-0.3, -0.25) is 0 Å². The minimum absolute atomic E-state index is 0.0895. The zero-order valence-electron chi connectivity index (χ0n) is 40.9. The zero-order chi connectivity index (χ0) is 44.9. The Balaban J connectivity index is 1.57. The van der Waals surface area contributed by atoms with Gasteiger partial charge in [0.2, 0.25) is 0 Å². The van der Waals surface area contributed by atoms with Crippen molar-refractivity contribution in [1.29, 1.82) is 0 Å². The van der Waals surface area contributed by atoms with Crippen LogP contribution in [0.3, 0.4) is 0 Å². The molecule has 200 valence electrons. The molecular weight excluding hydrogens is 520 g/mol. The summed E-state index contributed by atoms with van der Waals surface area (Å²) >= 11 is 0. The molecule has 0 atom stereocenters. The molecule has 1 aromatic heterocycles. The van der Waals surface area contributed by atoms with Crippen LogP contribution in [0.15, 0.2) is 162 Å². The van der Waals surface area contributed by atoms with Gasteiger partial charge in [0.05, 0.1) is 26.0 Å². The predicted octanol–water partition coefficient (Wildman–Crippen LogP) is 12.0. The van der Waals surface area contributed by atoms with Gasteiger partial charge in [-0.25, -0.2) is 0 Å². The molecule has 1 nitrogen and oxygen atoms in total. The maximum Gasteiger partial charge on any atom is 0.143 e.